The van der Waals surface area contributed by atoms with Crippen LogP contribution in [0.5, 0.6) is 0 Å². The second-order valence-electron chi connectivity index (χ2n) is 4.35. The van der Waals surface area contributed by atoms with Crippen LogP contribution in [0.4, 0.5) is 66.3 Å². The summed E-state index contributed by atoms with van der Waals surface area (Å²) in [6.07, 6.45) is -31.4. The molecule has 1 unspecified atom stereocenters. The van der Waals surface area contributed by atoms with Crippen molar-refractivity contribution < 1.29 is 80.5 Å². The van der Waals surface area contributed by atoms with E-state index in [0.29, 0.717) is 0 Å². The Balaban J connectivity index is 3.33. The molecule has 0 aromatic rings. The largest absolute Gasteiger partial charge is 0.516 e. The Hall–Kier alpha value is -1.75. The lowest BCUT2D eigenvalue weighted by Crippen LogP contribution is -2.66. The van der Waals surface area contributed by atoms with Gasteiger partial charge in [-0.1, -0.05) is 0 Å². The Labute approximate surface area is 130 Å². The van der Waals surface area contributed by atoms with Crippen LogP contribution in [0.25, 0.3) is 0 Å². The summed E-state index contributed by atoms with van der Waals surface area (Å²) in [7, 11) is 0. The molecule has 0 radical (unpaired) electrons. The quantitative estimate of drug-likeness (QED) is 0.482. The molecule has 0 amide bonds. The van der Waals surface area contributed by atoms with Gasteiger partial charge in [0.2, 0.25) is 0 Å². The van der Waals surface area contributed by atoms with E-state index in [1.807, 2.05) is 0 Å². The van der Waals surface area contributed by atoms with Gasteiger partial charge in [0, 0.05) is 0 Å². The van der Waals surface area contributed by atoms with Crippen LogP contribution in [0.2, 0.25) is 0 Å². The number of hydrogen-bond donors (Lipinski definition) is 0. The maximum absolute atomic E-state index is 13.4. The summed E-state index contributed by atoms with van der Waals surface area (Å²) in [5.74, 6) is -22.0. The number of rotatable bonds is 5. The zero-order valence-electron chi connectivity index (χ0n) is 10.9. The third kappa shape index (κ3) is 2.86. The molecule has 154 valence electrons. The first kappa shape index (κ1) is 22.3. The van der Waals surface area contributed by atoms with Crippen LogP contribution in [0.15, 0.2) is 0 Å². The van der Waals surface area contributed by atoms with Crippen LogP contribution in [-0.2, 0) is 14.2 Å². The molecule has 1 fully saturated rings. The van der Waals surface area contributed by atoms with Crippen molar-refractivity contribution >= 4 is 6.16 Å². The molecule has 0 bridgehead atoms. The predicted octanol–water partition coefficient (Wildman–Crippen LogP) is 4.45. The third-order valence-corrected chi connectivity index (χ3v) is 2.56. The Morgan fingerprint density at radius 3 is 1.46 bits per heavy atom. The summed E-state index contributed by atoms with van der Waals surface area (Å²) in [6, 6.07) is 0. The van der Waals surface area contributed by atoms with Crippen LogP contribution >= 0.6 is 0 Å². The Bertz CT molecular complexity index is 582. The van der Waals surface area contributed by atoms with Crippen molar-refractivity contribution in [2.24, 2.45) is 0 Å². The van der Waals surface area contributed by atoms with E-state index < -0.39 is 48.4 Å². The number of hydrogen-bond acceptors (Lipinski definition) is 4. The SMILES string of the molecule is O=C1OC(F)(F)C(F)(C(F)(F)OC(F)(F)C(F)(F)C(F)(F)C(F)(F)F)O1. The zero-order valence-corrected chi connectivity index (χ0v) is 10.9. The van der Waals surface area contributed by atoms with Crippen LogP contribution in [0.3, 0.4) is 0 Å². The molecule has 0 aliphatic carbocycles. The van der Waals surface area contributed by atoms with E-state index in [-0.39, 0.29) is 0 Å². The second-order valence-corrected chi connectivity index (χ2v) is 4.35. The summed E-state index contributed by atoms with van der Waals surface area (Å²) in [6.45, 7) is 0. The topological polar surface area (TPSA) is 44.8 Å². The first-order valence-corrected chi connectivity index (χ1v) is 5.32. The highest BCUT2D eigenvalue weighted by Gasteiger charge is 2.88. The van der Waals surface area contributed by atoms with Crippen molar-refractivity contribution in [3.05, 3.63) is 0 Å². The zero-order chi connectivity index (χ0) is 21.2. The maximum Gasteiger partial charge on any atom is 0.516 e. The van der Waals surface area contributed by atoms with E-state index in [1.165, 1.54) is 4.74 Å². The average Bonchev–Trinajstić information content (AvgIpc) is 2.55. The third-order valence-electron chi connectivity index (χ3n) is 2.56. The van der Waals surface area contributed by atoms with Gasteiger partial charge in [0.1, 0.15) is 0 Å². The van der Waals surface area contributed by atoms with E-state index in [0.717, 1.165) is 0 Å². The minimum Gasteiger partial charge on any atom is -0.379 e. The fourth-order valence-electron chi connectivity index (χ4n) is 1.25. The van der Waals surface area contributed by atoms with E-state index in [4.69, 9.17) is 0 Å². The molecule has 0 N–H and O–H groups in total. The first-order chi connectivity index (χ1) is 11.1. The average molecular weight is 426 g/mol. The summed E-state index contributed by atoms with van der Waals surface area (Å²) in [5.41, 5.74) is 0. The molecule has 1 aliphatic rings. The van der Waals surface area contributed by atoms with Gasteiger partial charge in [0.25, 0.3) is 0 Å². The van der Waals surface area contributed by atoms with Gasteiger partial charge >= 0.3 is 48.4 Å². The lowest BCUT2D eigenvalue weighted by atomic mass is 10.1. The highest BCUT2D eigenvalue weighted by molar-refractivity contribution is 5.63. The van der Waals surface area contributed by atoms with Gasteiger partial charge in [-0.3, -0.25) is 0 Å². The van der Waals surface area contributed by atoms with Gasteiger partial charge in [0.15, 0.2) is 0 Å². The van der Waals surface area contributed by atoms with Crippen LogP contribution in [0.1, 0.15) is 0 Å². The maximum atomic E-state index is 13.4. The van der Waals surface area contributed by atoms with E-state index in [9.17, 15) is 66.3 Å². The van der Waals surface area contributed by atoms with Crippen molar-refractivity contribution in [3.8, 4) is 0 Å². The van der Waals surface area contributed by atoms with E-state index >= 15 is 0 Å². The lowest BCUT2D eigenvalue weighted by Gasteiger charge is -2.36. The van der Waals surface area contributed by atoms with Crippen LogP contribution in [0, 0.1) is 0 Å². The van der Waals surface area contributed by atoms with Crippen molar-refractivity contribution in [3.63, 3.8) is 0 Å². The van der Waals surface area contributed by atoms with Gasteiger partial charge in [-0.15, -0.1) is 0 Å². The Morgan fingerprint density at radius 2 is 1.15 bits per heavy atom. The van der Waals surface area contributed by atoms with Crippen molar-refractivity contribution in [1.29, 1.82) is 0 Å². The highest BCUT2D eigenvalue weighted by Crippen LogP contribution is 2.57. The van der Waals surface area contributed by atoms with Gasteiger partial charge < -0.3 is 9.47 Å². The van der Waals surface area contributed by atoms with Gasteiger partial charge in [0.05, 0.1) is 0 Å². The minimum absolute atomic E-state index is 1.53. The summed E-state index contributed by atoms with van der Waals surface area (Å²) in [4.78, 5) is 10.2. The Morgan fingerprint density at radius 1 is 0.731 bits per heavy atom. The molecule has 1 heterocycles. The standard InChI is InChI=1S/C8F14O4/c9-2(10,5(14,15)16)3(11,12)6(17,18)26-8(21,22)4(13)7(19,20)25-1(23)24-4. The molecular weight excluding hydrogens is 426 g/mol. The molecule has 1 atom stereocenters. The number of halogens is 14. The van der Waals surface area contributed by atoms with Crippen molar-refractivity contribution in [2.75, 3.05) is 0 Å². The number of alkyl halides is 14. The van der Waals surface area contributed by atoms with Gasteiger partial charge in [-0.2, -0.15) is 61.5 Å². The molecule has 1 rings (SSSR count). The molecule has 0 aromatic carbocycles. The molecule has 1 aliphatic heterocycles. The minimum atomic E-state index is -7.85. The van der Waals surface area contributed by atoms with Crippen LogP contribution in [-0.4, -0.2) is 48.4 Å². The summed E-state index contributed by atoms with van der Waals surface area (Å²) >= 11 is 0. The normalized spacial score (nSPS) is 25.1. The molecule has 1 saturated heterocycles. The first-order valence-electron chi connectivity index (χ1n) is 5.32. The predicted molar refractivity (Wildman–Crippen MR) is 43.3 cm³/mol. The molecule has 4 nitrogen and oxygen atoms in total. The fraction of sp³-hybridized carbons (Fsp3) is 0.875. The fourth-order valence-corrected chi connectivity index (χ4v) is 1.25. The summed E-state index contributed by atoms with van der Waals surface area (Å²) < 4.78 is 183. The molecule has 0 saturated carbocycles. The monoisotopic (exact) mass is 426 g/mol. The molecule has 26 heavy (non-hydrogen) atoms. The smallest absolute Gasteiger partial charge is 0.379 e. The molecule has 18 heteroatoms. The molecule has 0 spiro atoms. The van der Waals surface area contributed by atoms with Gasteiger partial charge in [-0.05, 0) is 0 Å². The second kappa shape index (κ2) is 5.38. The van der Waals surface area contributed by atoms with E-state index in [1.54, 1.807) is 0 Å². The van der Waals surface area contributed by atoms with Crippen molar-refractivity contribution in [1.82, 2.24) is 0 Å². The molecular formula is C8F14O4. The van der Waals surface area contributed by atoms with Crippen molar-refractivity contribution in [2.45, 2.75) is 42.2 Å². The number of cyclic esters (lactones) is 2. The number of carbonyl (C=O) groups is 1. The van der Waals surface area contributed by atoms with E-state index in [2.05, 4.69) is 9.47 Å². The Kier molecular flexibility index (Phi) is 4.61. The summed E-state index contributed by atoms with van der Waals surface area (Å²) in [5, 5.41) is 0. The van der Waals surface area contributed by atoms with Crippen LogP contribution < -0.4 is 0 Å². The lowest BCUT2D eigenvalue weighted by molar-refractivity contribution is -0.520. The highest BCUT2D eigenvalue weighted by atomic mass is 19.4. The number of ether oxygens (including phenoxy) is 3. The van der Waals surface area contributed by atoms with Gasteiger partial charge in [-0.25, -0.2) is 9.53 Å². The number of carbonyl (C=O) groups excluding carboxylic acids is 1. The molecule has 0 aromatic heterocycles.